The standard InChI is InChI=1S/C15H14O2S/c16-14(12-6-8-18-10-12)9-15-13-4-2-1-3-11(13)5-7-17-15/h1-4,6,8,10,15H,5,7,9H2. The van der Waals surface area contributed by atoms with Crippen LogP contribution < -0.4 is 0 Å². The summed E-state index contributed by atoms with van der Waals surface area (Å²) in [6.07, 6.45) is 1.30. The molecule has 3 heteroatoms. The monoisotopic (exact) mass is 258 g/mol. The van der Waals surface area contributed by atoms with Gasteiger partial charge in [0.2, 0.25) is 0 Å². The van der Waals surface area contributed by atoms with Crippen LogP contribution in [0.2, 0.25) is 0 Å². The summed E-state index contributed by atoms with van der Waals surface area (Å²) in [4.78, 5) is 12.1. The van der Waals surface area contributed by atoms with Crippen LogP contribution in [0.15, 0.2) is 41.1 Å². The molecule has 0 bridgehead atoms. The van der Waals surface area contributed by atoms with E-state index in [2.05, 4.69) is 12.1 Å². The van der Waals surface area contributed by atoms with Gasteiger partial charge < -0.3 is 4.74 Å². The number of hydrogen-bond acceptors (Lipinski definition) is 3. The van der Waals surface area contributed by atoms with Crippen LogP contribution in [-0.2, 0) is 11.2 Å². The predicted molar refractivity (Wildman–Crippen MR) is 72.1 cm³/mol. The Morgan fingerprint density at radius 2 is 2.22 bits per heavy atom. The van der Waals surface area contributed by atoms with Crippen LogP contribution in [0.1, 0.15) is 34.0 Å². The number of Topliss-reactive ketones (excluding diaryl/α,β-unsaturated/α-hetero) is 1. The van der Waals surface area contributed by atoms with Gasteiger partial charge in [0.1, 0.15) is 0 Å². The van der Waals surface area contributed by atoms with Crippen LogP contribution >= 0.6 is 11.3 Å². The molecule has 0 amide bonds. The molecule has 18 heavy (non-hydrogen) atoms. The average molecular weight is 258 g/mol. The van der Waals surface area contributed by atoms with Gasteiger partial charge in [-0.3, -0.25) is 4.79 Å². The molecule has 1 atom stereocenters. The highest BCUT2D eigenvalue weighted by Gasteiger charge is 2.23. The molecule has 2 aromatic rings. The molecule has 0 spiro atoms. The second-order valence-corrected chi connectivity index (χ2v) is 5.23. The molecule has 3 rings (SSSR count). The topological polar surface area (TPSA) is 26.3 Å². The van der Waals surface area contributed by atoms with E-state index in [0.717, 1.165) is 12.0 Å². The summed E-state index contributed by atoms with van der Waals surface area (Å²) in [6.45, 7) is 0.707. The van der Waals surface area contributed by atoms with Crippen molar-refractivity contribution >= 4 is 17.1 Å². The maximum absolute atomic E-state index is 12.1. The highest BCUT2D eigenvalue weighted by molar-refractivity contribution is 7.08. The van der Waals surface area contributed by atoms with Crippen LogP contribution in [0, 0.1) is 0 Å². The average Bonchev–Trinajstić information content (AvgIpc) is 2.93. The molecular weight excluding hydrogens is 244 g/mol. The molecule has 92 valence electrons. The van der Waals surface area contributed by atoms with Crippen molar-refractivity contribution in [3.63, 3.8) is 0 Å². The summed E-state index contributed by atoms with van der Waals surface area (Å²) in [5.74, 6) is 0.165. The largest absolute Gasteiger partial charge is 0.373 e. The Balaban J connectivity index is 1.80. The number of benzene rings is 1. The Labute approximate surface area is 110 Å². The summed E-state index contributed by atoms with van der Waals surface area (Å²) < 4.78 is 5.76. The summed E-state index contributed by atoms with van der Waals surface area (Å²) in [5.41, 5.74) is 3.28. The molecule has 1 aromatic heterocycles. The normalized spacial score (nSPS) is 18.3. The first-order valence-corrected chi connectivity index (χ1v) is 7.03. The van der Waals surface area contributed by atoms with E-state index < -0.39 is 0 Å². The SMILES string of the molecule is O=C(CC1OCCc2ccccc21)c1ccsc1. The van der Waals surface area contributed by atoms with E-state index in [1.165, 1.54) is 11.1 Å². The summed E-state index contributed by atoms with van der Waals surface area (Å²) in [7, 11) is 0. The van der Waals surface area contributed by atoms with Gasteiger partial charge in [-0.25, -0.2) is 0 Å². The molecule has 0 radical (unpaired) electrons. The van der Waals surface area contributed by atoms with E-state index in [9.17, 15) is 4.79 Å². The van der Waals surface area contributed by atoms with E-state index in [-0.39, 0.29) is 11.9 Å². The number of carbonyl (C=O) groups is 1. The minimum atomic E-state index is -0.0812. The van der Waals surface area contributed by atoms with Crippen molar-refractivity contribution in [1.82, 2.24) is 0 Å². The van der Waals surface area contributed by atoms with Crippen molar-refractivity contribution in [2.45, 2.75) is 18.9 Å². The Hall–Kier alpha value is -1.45. The Morgan fingerprint density at radius 3 is 3.06 bits per heavy atom. The van der Waals surface area contributed by atoms with Gasteiger partial charge in [0.05, 0.1) is 12.7 Å². The first kappa shape index (κ1) is 11.6. The summed E-state index contributed by atoms with van der Waals surface area (Å²) >= 11 is 1.55. The minimum absolute atomic E-state index is 0.0812. The first-order valence-electron chi connectivity index (χ1n) is 6.09. The van der Waals surface area contributed by atoms with Gasteiger partial charge in [0.25, 0.3) is 0 Å². The van der Waals surface area contributed by atoms with E-state index in [1.807, 2.05) is 29.0 Å². The molecule has 1 aromatic carbocycles. The number of thiophene rings is 1. The molecule has 1 aliphatic heterocycles. The van der Waals surface area contributed by atoms with Crippen molar-refractivity contribution in [2.75, 3.05) is 6.61 Å². The molecular formula is C15H14O2S. The minimum Gasteiger partial charge on any atom is -0.373 e. The molecule has 2 nitrogen and oxygen atoms in total. The zero-order chi connectivity index (χ0) is 12.4. The third kappa shape index (κ3) is 2.24. The van der Waals surface area contributed by atoms with E-state index in [4.69, 9.17) is 4.74 Å². The number of ether oxygens (including phenoxy) is 1. The molecule has 0 saturated carbocycles. The Bertz CT molecular complexity index is 545. The van der Waals surface area contributed by atoms with E-state index in [0.29, 0.717) is 13.0 Å². The van der Waals surface area contributed by atoms with Crippen LogP contribution in [0.4, 0.5) is 0 Å². The second kappa shape index (κ2) is 5.04. The van der Waals surface area contributed by atoms with Crippen molar-refractivity contribution in [2.24, 2.45) is 0 Å². The van der Waals surface area contributed by atoms with E-state index >= 15 is 0 Å². The van der Waals surface area contributed by atoms with Crippen molar-refractivity contribution in [3.05, 3.63) is 57.8 Å². The fraction of sp³-hybridized carbons (Fsp3) is 0.267. The lowest BCUT2D eigenvalue weighted by molar-refractivity contribution is 0.0352. The fourth-order valence-electron chi connectivity index (χ4n) is 2.36. The van der Waals surface area contributed by atoms with Gasteiger partial charge in [-0.2, -0.15) is 11.3 Å². The molecule has 0 aliphatic carbocycles. The Morgan fingerprint density at radius 1 is 1.33 bits per heavy atom. The number of carbonyl (C=O) groups excluding carboxylic acids is 1. The lowest BCUT2D eigenvalue weighted by Crippen LogP contribution is -2.18. The summed E-state index contributed by atoms with van der Waals surface area (Å²) in [5, 5.41) is 3.83. The zero-order valence-corrected chi connectivity index (χ0v) is 10.8. The molecule has 0 saturated heterocycles. The van der Waals surface area contributed by atoms with Gasteiger partial charge in [-0.05, 0) is 29.0 Å². The van der Waals surface area contributed by atoms with Gasteiger partial charge in [-0.15, -0.1) is 0 Å². The van der Waals surface area contributed by atoms with Crippen LogP contribution in [0.25, 0.3) is 0 Å². The highest BCUT2D eigenvalue weighted by Crippen LogP contribution is 2.30. The quantitative estimate of drug-likeness (QED) is 0.786. The van der Waals surface area contributed by atoms with E-state index in [1.54, 1.807) is 11.3 Å². The maximum Gasteiger partial charge on any atom is 0.166 e. The fourth-order valence-corrected chi connectivity index (χ4v) is 3.02. The van der Waals surface area contributed by atoms with Crippen molar-refractivity contribution in [1.29, 1.82) is 0 Å². The third-order valence-electron chi connectivity index (χ3n) is 3.31. The van der Waals surface area contributed by atoms with Crippen LogP contribution in [-0.4, -0.2) is 12.4 Å². The number of hydrogen-bond donors (Lipinski definition) is 0. The molecule has 1 unspecified atom stereocenters. The van der Waals surface area contributed by atoms with Gasteiger partial charge in [-0.1, -0.05) is 24.3 Å². The number of ketones is 1. The van der Waals surface area contributed by atoms with Gasteiger partial charge in [0.15, 0.2) is 5.78 Å². The molecule has 0 N–H and O–H groups in total. The molecule has 2 heterocycles. The summed E-state index contributed by atoms with van der Waals surface area (Å²) in [6, 6.07) is 10.1. The van der Waals surface area contributed by atoms with Gasteiger partial charge in [0, 0.05) is 17.4 Å². The zero-order valence-electron chi connectivity index (χ0n) is 9.96. The lowest BCUT2D eigenvalue weighted by atomic mass is 9.94. The van der Waals surface area contributed by atoms with Crippen molar-refractivity contribution < 1.29 is 9.53 Å². The lowest BCUT2D eigenvalue weighted by Gasteiger charge is -2.25. The molecule has 1 aliphatic rings. The highest BCUT2D eigenvalue weighted by atomic mass is 32.1. The predicted octanol–water partition coefficient (Wildman–Crippen LogP) is 3.63. The maximum atomic E-state index is 12.1. The molecule has 0 fully saturated rings. The Kier molecular flexibility index (Phi) is 3.26. The van der Waals surface area contributed by atoms with Crippen LogP contribution in [0.3, 0.4) is 0 Å². The first-order chi connectivity index (χ1) is 8.84. The van der Waals surface area contributed by atoms with Gasteiger partial charge >= 0.3 is 0 Å². The third-order valence-corrected chi connectivity index (χ3v) is 3.99. The van der Waals surface area contributed by atoms with Crippen LogP contribution in [0.5, 0.6) is 0 Å². The second-order valence-electron chi connectivity index (χ2n) is 4.45. The number of rotatable bonds is 3. The smallest absolute Gasteiger partial charge is 0.166 e. The van der Waals surface area contributed by atoms with Crippen molar-refractivity contribution in [3.8, 4) is 0 Å². The number of fused-ring (bicyclic) bond motifs is 1.